The SMILES string of the molecule is CC1CC(C(=O)O)(S(C)(=O)=O)C1. The number of carboxylic acid groups (broad SMARTS) is 1. The molecule has 0 saturated heterocycles. The van der Waals surface area contributed by atoms with Gasteiger partial charge in [-0.15, -0.1) is 0 Å². The predicted octanol–water partition coefficient (Wildman–Crippen LogP) is 0.284. The van der Waals surface area contributed by atoms with E-state index in [-0.39, 0.29) is 18.8 Å². The van der Waals surface area contributed by atoms with Crippen molar-refractivity contribution in [3.05, 3.63) is 0 Å². The minimum atomic E-state index is -3.46. The van der Waals surface area contributed by atoms with Crippen LogP contribution in [-0.2, 0) is 14.6 Å². The average Bonchev–Trinajstić information content (AvgIpc) is 1.76. The van der Waals surface area contributed by atoms with Gasteiger partial charge in [0.2, 0.25) is 0 Å². The van der Waals surface area contributed by atoms with Gasteiger partial charge in [-0.2, -0.15) is 0 Å². The van der Waals surface area contributed by atoms with Gasteiger partial charge in [0, 0.05) is 6.26 Å². The molecule has 0 atom stereocenters. The molecule has 0 aromatic carbocycles. The van der Waals surface area contributed by atoms with Crippen molar-refractivity contribution in [2.24, 2.45) is 5.92 Å². The number of carbonyl (C=O) groups is 1. The normalized spacial score (nSPS) is 35.7. The lowest BCUT2D eigenvalue weighted by molar-refractivity contribution is -0.143. The van der Waals surface area contributed by atoms with Gasteiger partial charge in [-0.05, 0) is 18.8 Å². The number of rotatable bonds is 2. The fourth-order valence-corrected chi connectivity index (χ4v) is 3.19. The topological polar surface area (TPSA) is 71.4 Å². The van der Waals surface area contributed by atoms with Crippen molar-refractivity contribution in [2.45, 2.75) is 24.5 Å². The van der Waals surface area contributed by atoms with E-state index in [9.17, 15) is 13.2 Å². The molecule has 0 amide bonds. The summed E-state index contributed by atoms with van der Waals surface area (Å²) >= 11 is 0. The van der Waals surface area contributed by atoms with Crippen molar-refractivity contribution in [3.8, 4) is 0 Å². The molecule has 1 aliphatic rings. The van der Waals surface area contributed by atoms with Crippen molar-refractivity contribution in [3.63, 3.8) is 0 Å². The second kappa shape index (κ2) is 2.45. The number of sulfone groups is 1. The van der Waals surface area contributed by atoms with Gasteiger partial charge in [0.1, 0.15) is 0 Å². The molecule has 1 aliphatic carbocycles. The van der Waals surface area contributed by atoms with Gasteiger partial charge in [-0.3, -0.25) is 4.79 Å². The Balaban J connectivity index is 3.01. The van der Waals surface area contributed by atoms with Gasteiger partial charge in [-0.1, -0.05) is 6.92 Å². The van der Waals surface area contributed by atoms with Crippen molar-refractivity contribution >= 4 is 15.8 Å². The highest BCUT2D eigenvalue weighted by atomic mass is 32.2. The number of hydrogen-bond donors (Lipinski definition) is 1. The Kier molecular flexibility index (Phi) is 1.94. The van der Waals surface area contributed by atoms with E-state index in [0.29, 0.717) is 0 Å². The van der Waals surface area contributed by atoms with Crippen LogP contribution in [0.1, 0.15) is 19.8 Å². The second-order valence-corrected chi connectivity index (χ2v) is 5.91. The lowest BCUT2D eigenvalue weighted by Crippen LogP contribution is -2.55. The molecule has 4 nitrogen and oxygen atoms in total. The molecule has 1 saturated carbocycles. The molecule has 12 heavy (non-hydrogen) atoms. The first-order valence-electron chi connectivity index (χ1n) is 3.72. The average molecular weight is 192 g/mol. The second-order valence-electron chi connectivity index (χ2n) is 3.59. The zero-order valence-electron chi connectivity index (χ0n) is 7.07. The minimum Gasteiger partial charge on any atom is -0.480 e. The molecule has 0 aromatic rings. The first kappa shape index (κ1) is 9.51. The largest absolute Gasteiger partial charge is 0.480 e. The molecule has 0 bridgehead atoms. The van der Waals surface area contributed by atoms with Crippen LogP contribution in [0.25, 0.3) is 0 Å². The van der Waals surface area contributed by atoms with Gasteiger partial charge in [0.05, 0.1) is 0 Å². The van der Waals surface area contributed by atoms with Crippen LogP contribution in [0.3, 0.4) is 0 Å². The number of carboxylic acids is 1. The summed E-state index contributed by atoms with van der Waals surface area (Å²) in [6, 6.07) is 0. The first-order valence-corrected chi connectivity index (χ1v) is 5.62. The minimum absolute atomic E-state index is 0.204. The van der Waals surface area contributed by atoms with Crippen LogP contribution in [0, 0.1) is 5.92 Å². The predicted molar refractivity (Wildman–Crippen MR) is 43.6 cm³/mol. The molecule has 0 radical (unpaired) electrons. The summed E-state index contributed by atoms with van der Waals surface area (Å²) in [5.74, 6) is -1.00. The summed E-state index contributed by atoms with van der Waals surface area (Å²) in [5.41, 5.74) is 0. The summed E-state index contributed by atoms with van der Waals surface area (Å²) in [7, 11) is -3.46. The Hall–Kier alpha value is -0.580. The summed E-state index contributed by atoms with van der Waals surface area (Å²) < 4.78 is 20.8. The summed E-state index contributed by atoms with van der Waals surface area (Å²) in [5, 5.41) is 8.76. The summed E-state index contributed by atoms with van der Waals surface area (Å²) in [6.07, 6.45) is 1.50. The molecule has 0 spiro atoms. The molecule has 1 N–H and O–H groups in total. The maximum Gasteiger partial charge on any atom is 0.325 e. The van der Waals surface area contributed by atoms with E-state index in [1.807, 2.05) is 6.92 Å². The monoisotopic (exact) mass is 192 g/mol. The lowest BCUT2D eigenvalue weighted by Gasteiger charge is -2.40. The maximum absolute atomic E-state index is 11.1. The van der Waals surface area contributed by atoms with Crippen LogP contribution in [0.4, 0.5) is 0 Å². The molecule has 1 rings (SSSR count). The van der Waals surface area contributed by atoms with E-state index in [0.717, 1.165) is 6.26 Å². The molecule has 0 unspecified atom stereocenters. The quantitative estimate of drug-likeness (QED) is 0.682. The highest BCUT2D eigenvalue weighted by Gasteiger charge is 2.56. The third-order valence-corrected chi connectivity index (χ3v) is 4.38. The first-order chi connectivity index (χ1) is 5.29. The van der Waals surface area contributed by atoms with Gasteiger partial charge >= 0.3 is 5.97 Å². The van der Waals surface area contributed by atoms with Crippen LogP contribution in [0.5, 0.6) is 0 Å². The van der Waals surface area contributed by atoms with Gasteiger partial charge in [0.15, 0.2) is 14.6 Å². The summed E-state index contributed by atoms with van der Waals surface area (Å²) in [4.78, 5) is 10.7. The third-order valence-electron chi connectivity index (χ3n) is 2.46. The van der Waals surface area contributed by atoms with Crippen molar-refractivity contribution in [2.75, 3.05) is 6.26 Å². The van der Waals surface area contributed by atoms with Crippen LogP contribution in [0.15, 0.2) is 0 Å². The van der Waals surface area contributed by atoms with Gasteiger partial charge in [-0.25, -0.2) is 8.42 Å². The van der Waals surface area contributed by atoms with Crippen LogP contribution in [-0.4, -0.2) is 30.5 Å². The summed E-state index contributed by atoms with van der Waals surface area (Å²) in [6.45, 7) is 1.85. The molecule has 70 valence electrons. The molecule has 1 fully saturated rings. The Morgan fingerprint density at radius 1 is 1.50 bits per heavy atom. The fourth-order valence-electron chi connectivity index (χ4n) is 1.70. The highest BCUT2D eigenvalue weighted by Crippen LogP contribution is 2.43. The Morgan fingerprint density at radius 2 is 1.92 bits per heavy atom. The zero-order valence-corrected chi connectivity index (χ0v) is 7.89. The van der Waals surface area contributed by atoms with E-state index in [1.165, 1.54) is 0 Å². The fraction of sp³-hybridized carbons (Fsp3) is 0.857. The Morgan fingerprint density at radius 3 is 2.00 bits per heavy atom. The van der Waals surface area contributed by atoms with Crippen LogP contribution in [0.2, 0.25) is 0 Å². The van der Waals surface area contributed by atoms with Gasteiger partial charge < -0.3 is 5.11 Å². The standard InChI is InChI=1S/C7H12O4S/c1-5-3-7(4-5,6(8)9)12(2,10)11/h5H,3-4H2,1-2H3,(H,8,9). The molecule has 5 heteroatoms. The Labute approximate surface area is 71.5 Å². The molecular weight excluding hydrogens is 180 g/mol. The molecular formula is C7H12O4S. The van der Waals surface area contributed by atoms with Crippen LogP contribution >= 0.6 is 0 Å². The number of aliphatic carboxylic acids is 1. The third kappa shape index (κ3) is 1.12. The van der Waals surface area contributed by atoms with Crippen LogP contribution < -0.4 is 0 Å². The highest BCUT2D eigenvalue weighted by molar-refractivity contribution is 7.92. The van der Waals surface area contributed by atoms with Crippen molar-refractivity contribution in [1.82, 2.24) is 0 Å². The van der Waals surface area contributed by atoms with Crippen molar-refractivity contribution < 1.29 is 18.3 Å². The van der Waals surface area contributed by atoms with E-state index < -0.39 is 20.6 Å². The zero-order chi connectivity index (χ0) is 9.57. The van der Waals surface area contributed by atoms with E-state index in [4.69, 9.17) is 5.11 Å². The van der Waals surface area contributed by atoms with E-state index >= 15 is 0 Å². The van der Waals surface area contributed by atoms with Crippen molar-refractivity contribution in [1.29, 1.82) is 0 Å². The van der Waals surface area contributed by atoms with E-state index in [2.05, 4.69) is 0 Å². The number of hydrogen-bond acceptors (Lipinski definition) is 3. The van der Waals surface area contributed by atoms with Gasteiger partial charge in [0.25, 0.3) is 0 Å². The molecule has 0 aromatic heterocycles. The smallest absolute Gasteiger partial charge is 0.325 e. The molecule has 0 aliphatic heterocycles. The Bertz CT molecular complexity index is 297. The molecule has 0 heterocycles. The maximum atomic E-state index is 11.1. The lowest BCUT2D eigenvalue weighted by atomic mass is 9.75. The van der Waals surface area contributed by atoms with E-state index in [1.54, 1.807) is 0 Å².